The number of carbonyl (C=O) groups is 1. The van der Waals surface area contributed by atoms with Crippen LogP contribution in [0.2, 0.25) is 0 Å². The van der Waals surface area contributed by atoms with E-state index in [0.29, 0.717) is 4.74 Å². The van der Waals surface area contributed by atoms with E-state index in [0.717, 1.165) is 12.3 Å². The SMILES string of the molecule is NC(=O)n1ccc(=O)o1. The summed E-state index contributed by atoms with van der Waals surface area (Å²) in [5, 5.41) is 0. The van der Waals surface area contributed by atoms with Gasteiger partial charge >= 0.3 is 11.7 Å². The van der Waals surface area contributed by atoms with Crippen LogP contribution in [0.25, 0.3) is 0 Å². The molecule has 1 aromatic heterocycles. The summed E-state index contributed by atoms with van der Waals surface area (Å²) in [5.41, 5.74) is 4.13. The van der Waals surface area contributed by atoms with Crippen molar-refractivity contribution in [2.24, 2.45) is 5.73 Å². The van der Waals surface area contributed by atoms with Crippen molar-refractivity contribution in [1.29, 1.82) is 0 Å². The topological polar surface area (TPSA) is 78.2 Å². The van der Waals surface area contributed by atoms with E-state index in [4.69, 9.17) is 5.73 Å². The number of nitrogens with zero attached hydrogens (tertiary/aromatic N) is 1. The third kappa shape index (κ3) is 0.987. The summed E-state index contributed by atoms with van der Waals surface area (Å²) in [6.45, 7) is 0. The summed E-state index contributed by atoms with van der Waals surface area (Å²) in [5.74, 6) is 0. The summed E-state index contributed by atoms with van der Waals surface area (Å²) >= 11 is 0. The van der Waals surface area contributed by atoms with Gasteiger partial charge in [0.15, 0.2) is 0 Å². The van der Waals surface area contributed by atoms with Crippen LogP contribution in [0, 0.1) is 0 Å². The molecule has 0 aliphatic heterocycles. The number of hydrogen-bond acceptors (Lipinski definition) is 3. The third-order valence-corrected chi connectivity index (χ3v) is 0.752. The maximum absolute atomic E-state index is 10.2. The van der Waals surface area contributed by atoms with Crippen molar-refractivity contribution in [2.75, 3.05) is 0 Å². The van der Waals surface area contributed by atoms with E-state index >= 15 is 0 Å². The molecular weight excluding hydrogens is 124 g/mol. The van der Waals surface area contributed by atoms with Crippen molar-refractivity contribution in [2.45, 2.75) is 0 Å². The summed E-state index contributed by atoms with van der Waals surface area (Å²) in [6.07, 6.45) is 1.16. The third-order valence-electron chi connectivity index (χ3n) is 0.752. The lowest BCUT2D eigenvalue weighted by atomic mass is 10.7. The molecule has 0 radical (unpaired) electrons. The largest absolute Gasteiger partial charge is 0.358 e. The minimum atomic E-state index is -0.808. The lowest BCUT2D eigenvalue weighted by molar-refractivity contribution is 0.215. The quantitative estimate of drug-likeness (QED) is 0.505. The smallest absolute Gasteiger partial charge is 0.349 e. The first kappa shape index (κ1) is 5.61. The van der Waals surface area contributed by atoms with Gasteiger partial charge in [-0.15, -0.1) is 4.74 Å². The zero-order valence-electron chi connectivity index (χ0n) is 4.40. The minimum absolute atomic E-state index is 0.589. The molecule has 0 saturated carbocycles. The molecule has 0 unspecified atom stereocenters. The Morgan fingerprint density at radius 3 is 2.67 bits per heavy atom. The van der Waals surface area contributed by atoms with Gasteiger partial charge in [0.2, 0.25) is 0 Å². The molecular formula is C4H4N2O3. The molecule has 1 amide bonds. The highest BCUT2D eigenvalue weighted by Gasteiger charge is 1.97. The second kappa shape index (κ2) is 1.77. The van der Waals surface area contributed by atoms with E-state index in [-0.39, 0.29) is 0 Å². The second-order valence-corrected chi connectivity index (χ2v) is 1.39. The Morgan fingerprint density at radius 1 is 1.78 bits per heavy atom. The Labute approximate surface area is 49.6 Å². The van der Waals surface area contributed by atoms with E-state index in [1.165, 1.54) is 0 Å². The summed E-state index contributed by atoms with van der Waals surface area (Å²) in [7, 11) is 0. The molecule has 1 rings (SSSR count). The predicted octanol–water partition coefficient (Wildman–Crippen LogP) is -0.632. The Balaban J connectivity index is 3.12. The molecule has 0 aliphatic rings. The van der Waals surface area contributed by atoms with Gasteiger partial charge in [0.1, 0.15) is 0 Å². The highest BCUT2D eigenvalue weighted by atomic mass is 16.5. The first-order valence-corrected chi connectivity index (χ1v) is 2.19. The van der Waals surface area contributed by atoms with Crippen LogP contribution >= 0.6 is 0 Å². The highest BCUT2D eigenvalue weighted by molar-refractivity contribution is 5.72. The normalized spacial score (nSPS) is 9.33. The number of nitrogens with two attached hydrogens (primary N) is 1. The molecule has 2 N–H and O–H groups in total. The molecule has 0 aliphatic carbocycles. The number of rotatable bonds is 0. The van der Waals surface area contributed by atoms with Crippen molar-refractivity contribution >= 4 is 6.03 Å². The van der Waals surface area contributed by atoms with Gasteiger partial charge in [0.25, 0.3) is 0 Å². The van der Waals surface area contributed by atoms with Gasteiger partial charge < -0.3 is 10.3 Å². The fourth-order valence-corrected chi connectivity index (χ4v) is 0.405. The van der Waals surface area contributed by atoms with Gasteiger partial charge in [0.05, 0.1) is 6.20 Å². The van der Waals surface area contributed by atoms with E-state index in [1.807, 2.05) is 0 Å². The maximum Gasteiger partial charge on any atom is 0.358 e. The molecule has 5 heteroatoms. The van der Waals surface area contributed by atoms with Crippen LogP contribution in [0.3, 0.4) is 0 Å². The van der Waals surface area contributed by atoms with Crippen molar-refractivity contribution in [3.05, 3.63) is 22.7 Å². The van der Waals surface area contributed by atoms with Gasteiger partial charge in [-0.05, 0) is 0 Å². The standard InChI is InChI=1S/C4H4N2O3/c5-4(8)6-2-1-3(7)9-6/h1-2H,(H2,5,8). The predicted molar refractivity (Wildman–Crippen MR) is 27.9 cm³/mol. The zero-order valence-corrected chi connectivity index (χ0v) is 4.40. The van der Waals surface area contributed by atoms with E-state index in [2.05, 4.69) is 4.52 Å². The van der Waals surface area contributed by atoms with Gasteiger partial charge in [-0.25, -0.2) is 9.59 Å². The summed E-state index contributed by atoms with van der Waals surface area (Å²) < 4.78 is 4.89. The lowest BCUT2D eigenvalue weighted by Gasteiger charge is -1.86. The summed E-state index contributed by atoms with van der Waals surface area (Å²) in [6, 6.07) is 0.294. The summed E-state index contributed by atoms with van der Waals surface area (Å²) in [4.78, 5) is 20.4. The first-order valence-electron chi connectivity index (χ1n) is 2.19. The van der Waals surface area contributed by atoms with Crippen LogP contribution in [0.15, 0.2) is 21.6 Å². The fraction of sp³-hybridized carbons (Fsp3) is 0. The molecule has 48 valence electrons. The molecule has 0 saturated heterocycles. The van der Waals surface area contributed by atoms with Gasteiger partial charge in [-0.1, -0.05) is 0 Å². The molecule has 5 nitrogen and oxygen atoms in total. The van der Waals surface area contributed by atoms with Crippen molar-refractivity contribution < 1.29 is 9.32 Å². The van der Waals surface area contributed by atoms with Crippen LogP contribution < -0.4 is 11.4 Å². The molecule has 0 atom stereocenters. The second-order valence-electron chi connectivity index (χ2n) is 1.39. The maximum atomic E-state index is 10.2. The average molecular weight is 128 g/mol. The first-order chi connectivity index (χ1) is 4.20. The van der Waals surface area contributed by atoms with Crippen LogP contribution in [0.4, 0.5) is 4.79 Å². The van der Waals surface area contributed by atoms with Gasteiger partial charge in [0, 0.05) is 6.07 Å². The van der Waals surface area contributed by atoms with E-state index in [1.54, 1.807) is 0 Å². The average Bonchev–Trinajstić information content (AvgIpc) is 2.14. The van der Waals surface area contributed by atoms with E-state index < -0.39 is 11.7 Å². The molecule has 0 aromatic carbocycles. The number of carbonyl (C=O) groups excluding carboxylic acids is 1. The highest BCUT2D eigenvalue weighted by Crippen LogP contribution is 1.78. The Hall–Kier alpha value is -1.52. The van der Waals surface area contributed by atoms with Crippen molar-refractivity contribution in [3.63, 3.8) is 0 Å². The molecule has 1 aromatic rings. The van der Waals surface area contributed by atoms with Gasteiger partial charge in [-0.3, -0.25) is 0 Å². The Kier molecular flexibility index (Phi) is 1.11. The van der Waals surface area contributed by atoms with Crippen LogP contribution in [-0.4, -0.2) is 10.8 Å². The zero-order chi connectivity index (χ0) is 6.85. The van der Waals surface area contributed by atoms with Crippen LogP contribution in [-0.2, 0) is 0 Å². The number of aromatic nitrogens is 1. The number of amides is 1. The molecule has 1 heterocycles. The van der Waals surface area contributed by atoms with Crippen LogP contribution in [0.1, 0.15) is 0 Å². The monoisotopic (exact) mass is 128 g/mol. The van der Waals surface area contributed by atoms with Crippen LogP contribution in [0.5, 0.6) is 0 Å². The van der Waals surface area contributed by atoms with Crippen molar-refractivity contribution in [3.8, 4) is 0 Å². The van der Waals surface area contributed by atoms with E-state index in [9.17, 15) is 9.59 Å². The lowest BCUT2D eigenvalue weighted by Crippen LogP contribution is -2.17. The Morgan fingerprint density at radius 2 is 2.44 bits per heavy atom. The molecule has 9 heavy (non-hydrogen) atoms. The fourth-order valence-electron chi connectivity index (χ4n) is 0.405. The molecule has 0 spiro atoms. The molecule has 0 bridgehead atoms. The van der Waals surface area contributed by atoms with Crippen molar-refractivity contribution in [1.82, 2.24) is 4.74 Å². The number of hydrogen-bond donors (Lipinski definition) is 1. The number of primary amides is 1. The Bertz CT molecular complexity index is 271. The van der Waals surface area contributed by atoms with Gasteiger partial charge in [-0.2, -0.15) is 0 Å². The minimum Gasteiger partial charge on any atom is -0.349 e. The molecule has 0 fully saturated rings.